The largest absolute Gasteiger partial charge is 0.297 e. The number of pyridine rings is 1. The molecule has 1 fully saturated rings. The molecule has 51 heavy (non-hydrogen) atoms. The molecule has 4 nitrogen and oxygen atoms in total. The van der Waals surface area contributed by atoms with Crippen molar-refractivity contribution in [1.29, 1.82) is 0 Å². The molecule has 2 unspecified atom stereocenters. The zero-order chi connectivity index (χ0) is 34.8. The van der Waals surface area contributed by atoms with Crippen molar-refractivity contribution in [2.24, 2.45) is 0 Å². The molecule has 1 aromatic heterocycles. The maximum atomic E-state index is 14.5. The number of hydrogen-bond acceptors (Lipinski definition) is 5. The van der Waals surface area contributed by atoms with E-state index in [-0.39, 0.29) is 5.92 Å². The summed E-state index contributed by atoms with van der Waals surface area (Å²) < 4.78 is 28.9. The number of benzene rings is 6. The molecule has 7 heteroatoms. The molecule has 1 aliphatic heterocycles. The summed E-state index contributed by atoms with van der Waals surface area (Å²) in [4.78, 5) is 7.01. The monoisotopic (exact) mass is 726 g/mol. The lowest BCUT2D eigenvalue weighted by Gasteiger charge is -2.35. The van der Waals surface area contributed by atoms with E-state index >= 15 is 0 Å². The molecule has 2 atom stereocenters. The van der Waals surface area contributed by atoms with Crippen LogP contribution in [0, 0.1) is 0 Å². The maximum Gasteiger partial charge on any atom is 0.185 e. The Kier molecular flexibility index (Phi) is 9.84. The number of thioether (sulfide) groups is 1. The lowest BCUT2D eigenvalue weighted by atomic mass is 9.77. The first-order valence-corrected chi connectivity index (χ1v) is 20.6. The van der Waals surface area contributed by atoms with Gasteiger partial charge in [0.25, 0.3) is 0 Å². The van der Waals surface area contributed by atoms with Gasteiger partial charge in [-0.3, -0.25) is 9.88 Å². The van der Waals surface area contributed by atoms with Crippen molar-refractivity contribution in [1.82, 2.24) is 9.88 Å². The zero-order valence-electron chi connectivity index (χ0n) is 28.3. The van der Waals surface area contributed by atoms with E-state index in [9.17, 15) is 8.42 Å². The van der Waals surface area contributed by atoms with Crippen molar-refractivity contribution in [2.45, 2.75) is 35.4 Å². The number of halogens is 1. The molecular formula is C44H39ClN2O2S2. The summed E-state index contributed by atoms with van der Waals surface area (Å²) >= 11 is 8.17. The third-order valence-electron chi connectivity index (χ3n) is 10.4. The third kappa shape index (κ3) is 7.03. The second-order valence-electron chi connectivity index (χ2n) is 13.4. The first-order chi connectivity index (χ1) is 25.0. The first kappa shape index (κ1) is 33.9. The number of aromatic nitrogens is 1. The quantitative estimate of drug-likeness (QED) is 0.165. The molecule has 9 rings (SSSR count). The Balaban J connectivity index is 0.000000320. The van der Waals surface area contributed by atoms with Gasteiger partial charge in [-0.1, -0.05) is 109 Å². The van der Waals surface area contributed by atoms with Crippen LogP contribution in [0.4, 0.5) is 0 Å². The van der Waals surface area contributed by atoms with Crippen LogP contribution in [0.25, 0.3) is 32.4 Å². The summed E-state index contributed by atoms with van der Waals surface area (Å²) in [5.41, 5.74) is 5.52. The Hall–Kier alpha value is -4.20. The molecule has 7 aromatic rings. The van der Waals surface area contributed by atoms with E-state index in [0.29, 0.717) is 9.92 Å². The van der Waals surface area contributed by atoms with Crippen molar-refractivity contribution in [2.75, 3.05) is 24.6 Å². The van der Waals surface area contributed by atoms with Crippen molar-refractivity contribution < 1.29 is 8.42 Å². The van der Waals surface area contributed by atoms with Crippen molar-refractivity contribution in [3.05, 3.63) is 167 Å². The predicted molar refractivity (Wildman–Crippen MR) is 215 cm³/mol. The summed E-state index contributed by atoms with van der Waals surface area (Å²) in [5, 5.41) is 5.80. The topological polar surface area (TPSA) is 50.3 Å². The van der Waals surface area contributed by atoms with Gasteiger partial charge in [-0.2, -0.15) is 11.8 Å². The minimum Gasteiger partial charge on any atom is -0.297 e. The summed E-state index contributed by atoms with van der Waals surface area (Å²) in [6, 6.07) is 44.4. The number of aryl methyl sites for hydroxylation is 1. The van der Waals surface area contributed by atoms with Crippen LogP contribution < -0.4 is 0 Å². The van der Waals surface area contributed by atoms with Gasteiger partial charge in [-0.25, -0.2) is 8.42 Å². The Morgan fingerprint density at radius 1 is 0.706 bits per heavy atom. The SMILES string of the molecule is O=S(=O)(c1ccc(Cl)cc1)C1c2ccc3c(ccc4ccccc43)c2CCC1c1ccc(CN2CCSCC2)cc1.c1ccc2ncccc2c1. The van der Waals surface area contributed by atoms with E-state index < -0.39 is 15.1 Å². The fourth-order valence-corrected chi connectivity index (χ4v) is 11.0. The lowest BCUT2D eigenvalue weighted by molar-refractivity contribution is 0.294. The van der Waals surface area contributed by atoms with Crippen LogP contribution in [-0.4, -0.2) is 42.9 Å². The fourth-order valence-electron chi connectivity index (χ4n) is 7.78. The molecule has 0 N–H and O–H groups in total. The van der Waals surface area contributed by atoms with E-state index in [4.69, 9.17) is 11.6 Å². The zero-order valence-corrected chi connectivity index (χ0v) is 30.7. The first-order valence-electron chi connectivity index (χ1n) is 17.6. The van der Waals surface area contributed by atoms with Crippen molar-refractivity contribution in [3.63, 3.8) is 0 Å². The standard InChI is InChI=1S/C35H32ClNO2S2.C9H7N/c36-27-10-12-28(13-11-27)41(38,39)35-30(26-7-5-24(6-8-26)23-37-19-21-40-22-20-37)15-16-33-32-14-9-25-3-1-2-4-29(25)31(32)17-18-34(33)35;1-2-6-9-8(4-1)5-3-7-10-9/h1-14,17-18,30,35H,15-16,19-23H2;1-7H. The third-order valence-corrected chi connectivity index (χ3v) is 13.7. The summed E-state index contributed by atoms with van der Waals surface area (Å²) in [6.07, 6.45) is 3.43. The molecule has 1 saturated heterocycles. The van der Waals surface area contributed by atoms with Gasteiger partial charge in [0.15, 0.2) is 9.84 Å². The highest BCUT2D eigenvalue weighted by Crippen LogP contribution is 2.50. The van der Waals surface area contributed by atoms with Gasteiger partial charge < -0.3 is 0 Å². The molecule has 256 valence electrons. The highest BCUT2D eigenvalue weighted by molar-refractivity contribution is 7.99. The summed E-state index contributed by atoms with van der Waals surface area (Å²) in [6.45, 7) is 3.19. The van der Waals surface area contributed by atoms with Crippen LogP contribution in [0.5, 0.6) is 0 Å². The Labute approximate surface area is 309 Å². The molecular weight excluding hydrogens is 688 g/mol. The van der Waals surface area contributed by atoms with Crippen molar-refractivity contribution >= 4 is 65.6 Å². The van der Waals surface area contributed by atoms with E-state index in [1.807, 2.05) is 42.2 Å². The van der Waals surface area contributed by atoms with Crippen LogP contribution in [0.2, 0.25) is 5.02 Å². The molecule has 6 aromatic carbocycles. The van der Waals surface area contributed by atoms with Crippen LogP contribution in [0.1, 0.15) is 39.8 Å². The fraction of sp³-hybridized carbons (Fsp3) is 0.205. The van der Waals surface area contributed by atoms with Crippen LogP contribution >= 0.6 is 23.4 Å². The Morgan fingerprint density at radius 2 is 1.41 bits per heavy atom. The van der Waals surface area contributed by atoms with Gasteiger partial charge >= 0.3 is 0 Å². The van der Waals surface area contributed by atoms with Gasteiger partial charge in [0.05, 0.1) is 15.7 Å². The normalized spacial score (nSPS) is 17.9. The smallest absolute Gasteiger partial charge is 0.185 e. The molecule has 1 aliphatic carbocycles. The van der Waals surface area contributed by atoms with Gasteiger partial charge in [0.1, 0.15) is 0 Å². The Morgan fingerprint density at radius 3 is 2.20 bits per heavy atom. The van der Waals surface area contributed by atoms with Gasteiger partial charge in [0, 0.05) is 53.7 Å². The van der Waals surface area contributed by atoms with Gasteiger partial charge in [0.2, 0.25) is 0 Å². The molecule has 0 spiro atoms. The van der Waals surface area contributed by atoms with Crippen LogP contribution in [0.3, 0.4) is 0 Å². The highest BCUT2D eigenvalue weighted by Gasteiger charge is 2.41. The van der Waals surface area contributed by atoms with E-state index in [1.165, 1.54) is 38.6 Å². The van der Waals surface area contributed by atoms with Crippen molar-refractivity contribution in [3.8, 4) is 0 Å². The second kappa shape index (κ2) is 14.8. The molecule has 2 heterocycles. The minimum atomic E-state index is -3.70. The second-order valence-corrected chi connectivity index (χ2v) is 17.1. The number of nitrogens with zero attached hydrogens (tertiary/aromatic N) is 2. The lowest BCUT2D eigenvalue weighted by Crippen LogP contribution is -2.32. The molecule has 2 aliphatic rings. The van der Waals surface area contributed by atoms with Gasteiger partial charge in [-0.15, -0.1) is 0 Å². The summed E-state index contributed by atoms with van der Waals surface area (Å²) in [7, 11) is -3.70. The molecule has 0 radical (unpaired) electrons. The van der Waals surface area contributed by atoms with Gasteiger partial charge in [-0.05, 0) is 93.0 Å². The predicted octanol–water partition coefficient (Wildman–Crippen LogP) is 10.7. The number of fused-ring (bicyclic) bond motifs is 6. The van der Waals surface area contributed by atoms with Crippen LogP contribution in [-0.2, 0) is 22.8 Å². The number of rotatable bonds is 5. The minimum absolute atomic E-state index is 0.137. The molecule has 0 amide bonds. The number of sulfone groups is 1. The highest BCUT2D eigenvalue weighted by atomic mass is 35.5. The summed E-state index contributed by atoms with van der Waals surface area (Å²) in [5.74, 6) is 2.24. The maximum absolute atomic E-state index is 14.5. The molecule has 0 saturated carbocycles. The average Bonchev–Trinajstić information content (AvgIpc) is 3.18. The van der Waals surface area contributed by atoms with E-state index in [2.05, 4.69) is 94.8 Å². The Bertz CT molecular complexity index is 2360. The average molecular weight is 727 g/mol. The van der Waals surface area contributed by atoms with E-state index in [1.54, 1.807) is 24.3 Å². The molecule has 0 bridgehead atoms. The van der Waals surface area contributed by atoms with E-state index in [0.717, 1.165) is 60.1 Å². The number of hydrogen-bond donors (Lipinski definition) is 0. The van der Waals surface area contributed by atoms with Crippen LogP contribution in [0.15, 0.2) is 145 Å². The number of para-hydroxylation sites is 1.